The van der Waals surface area contributed by atoms with E-state index in [2.05, 4.69) is 269 Å². The molecule has 2 aliphatic rings. The van der Waals surface area contributed by atoms with Gasteiger partial charge in [0.05, 0.1) is 16.6 Å². The number of aryl methyl sites for hydroxylation is 1. The Labute approximate surface area is 427 Å². The van der Waals surface area contributed by atoms with Gasteiger partial charge in [0.2, 0.25) is 0 Å². The standard InChI is InChI=1S/C71H54N2/c1-7-65-44(2)55-40-58-52-30-14-17-33-61(52)70(3,4)63(58)42-67(55)72(65)50-28-20-26-47(36-50)56-38-49(45-22-10-8-11-23-45)39-57(69(56)46-24-12-9-13-25-46)48-27-21-29-51(37-48)73-66-35-19-16-32-54(66)60-41-59-53-31-15-18-34-62(53)71(5,6)64(59)43-68(60)73/h7-43H,1H2,2-6H3. The minimum atomic E-state index is -0.124. The third-order valence-corrected chi connectivity index (χ3v) is 16.7. The minimum Gasteiger partial charge on any atom is -0.310 e. The molecule has 0 saturated heterocycles. The Hall–Kier alpha value is -8.72. The number of aromatic nitrogens is 2. The van der Waals surface area contributed by atoms with E-state index in [1.807, 2.05) is 6.08 Å². The number of fused-ring (bicyclic) bond motifs is 10. The van der Waals surface area contributed by atoms with Gasteiger partial charge in [0.15, 0.2) is 0 Å². The first kappa shape index (κ1) is 43.1. The highest BCUT2D eigenvalue weighted by molar-refractivity contribution is 6.12. The van der Waals surface area contributed by atoms with E-state index < -0.39 is 0 Å². The molecule has 348 valence electrons. The van der Waals surface area contributed by atoms with E-state index in [-0.39, 0.29) is 10.8 Å². The van der Waals surface area contributed by atoms with Gasteiger partial charge in [0.1, 0.15) is 0 Å². The third kappa shape index (κ3) is 6.30. The van der Waals surface area contributed by atoms with Crippen LogP contribution in [0.5, 0.6) is 0 Å². The lowest BCUT2D eigenvalue weighted by molar-refractivity contribution is 0.661. The summed E-state index contributed by atoms with van der Waals surface area (Å²) in [4.78, 5) is 0. The van der Waals surface area contributed by atoms with E-state index in [0.717, 1.165) is 28.2 Å². The minimum absolute atomic E-state index is 0.122. The van der Waals surface area contributed by atoms with E-state index in [4.69, 9.17) is 0 Å². The summed E-state index contributed by atoms with van der Waals surface area (Å²) < 4.78 is 4.94. The van der Waals surface area contributed by atoms with Crippen LogP contribution in [0.3, 0.4) is 0 Å². The Morgan fingerprint density at radius 1 is 0.342 bits per heavy atom. The molecule has 0 bridgehead atoms. The van der Waals surface area contributed by atoms with E-state index >= 15 is 0 Å². The Morgan fingerprint density at radius 2 is 0.822 bits per heavy atom. The van der Waals surface area contributed by atoms with Crippen molar-refractivity contribution in [1.29, 1.82) is 0 Å². The molecule has 2 aliphatic carbocycles. The smallest absolute Gasteiger partial charge is 0.0544 e. The number of rotatable bonds is 7. The van der Waals surface area contributed by atoms with Crippen LogP contribution in [0.4, 0.5) is 0 Å². The topological polar surface area (TPSA) is 9.86 Å². The van der Waals surface area contributed by atoms with Gasteiger partial charge in [-0.25, -0.2) is 0 Å². The largest absolute Gasteiger partial charge is 0.310 e. The van der Waals surface area contributed by atoms with Crippen LogP contribution in [0, 0.1) is 6.92 Å². The molecule has 10 aromatic carbocycles. The molecule has 0 atom stereocenters. The molecular weight excluding hydrogens is 881 g/mol. The maximum absolute atomic E-state index is 4.41. The van der Waals surface area contributed by atoms with Crippen molar-refractivity contribution in [3.05, 3.63) is 258 Å². The average molecular weight is 935 g/mol. The van der Waals surface area contributed by atoms with Crippen molar-refractivity contribution in [1.82, 2.24) is 9.13 Å². The first-order valence-electron chi connectivity index (χ1n) is 25.7. The van der Waals surface area contributed by atoms with Crippen molar-refractivity contribution in [2.75, 3.05) is 0 Å². The van der Waals surface area contributed by atoms with Crippen molar-refractivity contribution in [2.45, 2.75) is 45.4 Å². The summed E-state index contributed by atoms with van der Waals surface area (Å²) in [7, 11) is 0. The number of hydrogen-bond donors (Lipinski definition) is 0. The second-order valence-corrected chi connectivity index (χ2v) is 21.4. The fourth-order valence-electron chi connectivity index (χ4n) is 13.1. The van der Waals surface area contributed by atoms with Crippen molar-refractivity contribution < 1.29 is 0 Å². The molecule has 0 unspecified atom stereocenters. The zero-order valence-corrected chi connectivity index (χ0v) is 42.0. The lowest BCUT2D eigenvalue weighted by atomic mass is 9.82. The molecule has 14 rings (SSSR count). The Kier molecular flexibility index (Phi) is 9.38. The lowest BCUT2D eigenvalue weighted by Crippen LogP contribution is -2.15. The van der Waals surface area contributed by atoms with Crippen LogP contribution in [0.1, 0.15) is 61.2 Å². The maximum Gasteiger partial charge on any atom is 0.0544 e. The Balaban J connectivity index is 0.992. The van der Waals surface area contributed by atoms with Gasteiger partial charge in [-0.05, 0) is 174 Å². The van der Waals surface area contributed by atoms with Gasteiger partial charge in [0, 0.05) is 44.1 Å². The van der Waals surface area contributed by atoms with Crippen LogP contribution >= 0.6 is 0 Å². The molecule has 0 saturated carbocycles. The van der Waals surface area contributed by atoms with Gasteiger partial charge in [-0.1, -0.05) is 186 Å². The summed E-state index contributed by atoms with van der Waals surface area (Å²) >= 11 is 0. The van der Waals surface area contributed by atoms with Crippen molar-refractivity contribution in [3.63, 3.8) is 0 Å². The second-order valence-electron chi connectivity index (χ2n) is 21.4. The molecule has 73 heavy (non-hydrogen) atoms. The SMILES string of the molecule is C=Cc1c(C)c2cc3c(cc2n1-c1cccc(-c2cc(-c4ccccc4)cc(-c4cccc(-n5c6ccccc6c6cc7c(cc65)C(C)(C)c5ccccc5-7)c4)c2-c2ccccc2)c1)C(C)(C)c1ccccc1-3. The first-order valence-corrected chi connectivity index (χ1v) is 25.7. The van der Waals surface area contributed by atoms with Crippen molar-refractivity contribution in [3.8, 4) is 78.1 Å². The summed E-state index contributed by atoms with van der Waals surface area (Å²) in [6, 6.07) is 81.7. The monoisotopic (exact) mass is 934 g/mol. The highest BCUT2D eigenvalue weighted by Crippen LogP contribution is 2.53. The van der Waals surface area contributed by atoms with Crippen LogP contribution in [-0.4, -0.2) is 9.13 Å². The molecule has 0 aliphatic heterocycles. The molecule has 0 amide bonds. The molecule has 2 aromatic heterocycles. The van der Waals surface area contributed by atoms with Crippen molar-refractivity contribution in [2.24, 2.45) is 0 Å². The van der Waals surface area contributed by atoms with Crippen LogP contribution < -0.4 is 0 Å². The normalized spacial score (nSPS) is 13.8. The predicted octanol–water partition coefficient (Wildman–Crippen LogP) is 19.0. The van der Waals surface area contributed by atoms with Crippen molar-refractivity contribution >= 4 is 38.8 Å². The van der Waals surface area contributed by atoms with E-state index in [9.17, 15) is 0 Å². The van der Waals surface area contributed by atoms with E-state index in [1.165, 1.54) is 116 Å². The quantitative estimate of drug-likeness (QED) is 0.151. The first-order chi connectivity index (χ1) is 35.6. The molecular formula is C71H54N2. The van der Waals surface area contributed by atoms with Gasteiger partial charge in [-0.15, -0.1) is 0 Å². The Morgan fingerprint density at radius 3 is 1.41 bits per heavy atom. The average Bonchev–Trinajstić information content (AvgIpc) is 4.07. The van der Waals surface area contributed by atoms with Crippen LogP contribution in [0.15, 0.2) is 225 Å². The Bertz CT molecular complexity index is 4270. The highest BCUT2D eigenvalue weighted by atomic mass is 15.0. The molecule has 2 heteroatoms. The predicted molar refractivity (Wildman–Crippen MR) is 309 cm³/mol. The number of nitrogens with zero attached hydrogens (tertiary/aromatic N) is 2. The molecule has 0 N–H and O–H groups in total. The van der Waals surface area contributed by atoms with Gasteiger partial charge < -0.3 is 9.13 Å². The number of para-hydroxylation sites is 1. The van der Waals surface area contributed by atoms with Gasteiger partial charge in [-0.2, -0.15) is 0 Å². The molecule has 0 radical (unpaired) electrons. The fourth-order valence-corrected chi connectivity index (χ4v) is 13.1. The fraction of sp³-hybridized carbons (Fsp3) is 0.0986. The molecule has 12 aromatic rings. The second kappa shape index (κ2) is 15.9. The van der Waals surface area contributed by atoms with E-state index in [1.54, 1.807) is 0 Å². The summed E-state index contributed by atoms with van der Waals surface area (Å²) in [5.74, 6) is 0. The summed E-state index contributed by atoms with van der Waals surface area (Å²) in [6.45, 7) is 16.1. The number of hydrogen-bond acceptors (Lipinski definition) is 0. The van der Waals surface area contributed by atoms with E-state index in [0.29, 0.717) is 0 Å². The lowest BCUT2D eigenvalue weighted by Gasteiger charge is -2.22. The zero-order chi connectivity index (χ0) is 49.3. The third-order valence-electron chi connectivity index (χ3n) is 16.7. The molecule has 2 heterocycles. The van der Waals surface area contributed by atoms with Crippen LogP contribution in [-0.2, 0) is 10.8 Å². The number of benzene rings is 10. The van der Waals surface area contributed by atoms with Gasteiger partial charge in [0.25, 0.3) is 0 Å². The molecule has 2 nitrogen and oxygen atoms in total. The summed E-state index contributed by atoms with van der Waals surface area (Å²) in [5, 5.41) is 3.79. The zero-order valence-electron chi connectivity index (χ0n) is 42.0. The summed E-state index contributed by atoms with van der Waals surface area (Å²) in [6.07, 6.45) is 2.03. The molecule has 0 spiro atoms. The van der Waals surface area contributed by atoms with Gasteiger partial charge in [-0.3, -0.25) is 0 Å². The van der Waals surface area contributed by atoms with Crippen LogP contribution in [0.2, 0.25) is 0 Å². The van der Waals surface area contributed by atoms with Gasteiger partial charge >= 0.3 is 0 Å². The van der Waals surface area contributed by atoms with Crippen LogP contribution in [0.25, 0.3) is 117 Å². The summed E-state index contributed by atoms with van der Waals surface area (Å²) in [5.41, 5.74) is 28.2. The maximum atomic E-state index is 4.41. The highest BCUT2D eigenvalue weighted by Gasteiger charge is 2.38. The molecule has 0 fully saturated rings.